The van der Waals surface area contributed by atoms with E-state index in [1.54, 1.807) is 0 Å². The third-order valence-electron chi connectivity index (χ3n) is 7.95. The van der Waals surface area contributed by atoms with Crippen molar-refractivity contribution < 1.29 is 0 Å². The minimum atomic E-state index is 0.0474. The van der Waals surface area contributed by atoms with Crippen molar-refractivity contribution in [3.8, 4) is 33.8 Å². The fourth-order valence-electron chi connectivity index (χ4n) is 5.42. The lowest BCUT2D eigenvalue weighted by molar-refractivity contribution is 1.17. The molecule has 6 heterocycles. The SMILES string of the molecule is Nc1nc(N)c2nc(-c3ccccc3)c(N)nc2n1.Nc1nc(N)c2nc(-c3ccccc3)c(N)nc2n1.Nc1nc(N)c2nc(-c3ccccc3)c(N)nc2n1. The molecule has 0 aliphatic carbocycles. The molecular weight excluding hydrogens is 727 g/mol. The van der Waals surface area contributed by atoms with Gasteiger partial charge >= 0.3 is 0 Å². The molecule has 9 aromatic rings. The van der Waals surface area contributed by atoms with Crippen LogP contribution >= 0.6 is 0 Å². The van der Waals surface area contributed by atoms with Crippen molar-refractivity contribution in [1.29, 1.82) is 0 Å². The third kappa shape index (κ3) is 7.77. The van der Waals surface area contributed by atoms with Gasteiger partial charge in [0.15, 0.2) is 68.4 Å². The van der Waals surface area contributed by atoms with Crippen LogP contribution in [0.5, 0.6) is 0 Å². The van der Waals surface area contributed by atoms with Crippen LogP contribution in [0, 0.1) is 0 Å². The van der Waals surface area contributed by atoms with Crippen LogP contribution in [-0.4, -0.2) is 59.8 Å². The van der Waals surface area contributed by atoms with Gasteiger partial charge in [-0.3, -0.25) is 0 Å². The molecule has 0 bridgehead atoms. The molecule has 21 nitrogen and oxygen atoms in total. The normalized spacial score (nSPS) is 10.7. The summed E-state index contributed by atoms with van der Waals surface area (Å²) in [6, 6.07) is 28.4. The van der Waals surface area contributed by atoms with Gasteiger partial charge in [-0.25, -0.2) is 29.9 Å². The van der Waals surface area contributed by atoms with Gasteiger partial charge in [0, 0.05) is 16.7 Å². The van der Waals surface area contributed by atoms with Gasteiger partial charge in [0.05, 0.1) is 0 Å². The maximum absolute atomic E-state index is 5.90. The Labute approximate surface area is 321 Å². The average molecular weight is 760 g/mol. The Kier molecular flexibility index (Phi) is 9.75. The Morgan fingerprint density at radius 3 is 0.737 bits per heavy atom. The number of benzene rings is 3. The molecule has 0 spiro atoms. The number of aromatic nitrogens is 12. The van der Waals surface area contributed by atoms with Crippen LogP contribution in [0.3, 0.4) is 0 Å². The Morgan fingerprint density at radius 1 is 0.246 bits per heavy atom. The van der Waals surface area contributed by atoms with E-state index in [0.717, 1.165) is 16.7 Å². The van der Waals surface area contributed by atoms with E-state index in [2.05, 4.69) is 59.8 Å². The standard InChI is InChI=1S/3C12H11N7/c3*13-9-7(6-4-2-1-3-5-6)16-8-10(14)18-12(15)19-11(8)17-9/h3*1-5H,(H6,13,14,15,17,18,19). The quantitative estimate of drug-likeness (QED) is 0.125. The van der Waals surface area contributed by atoms with Crippen LogP contribution in [0.4, 0.5) is 52.8 Å². The van der Waals surface area contributed by atoms with Crippen molar-refractivity contribution in [3.05, 3.63) is 91.0 Å². The summed E-state index contributed by atoms with van der Waals surface area (Å²) in [4.78, 5) is 49.2. The van der Waals surface area contributed by atoms with E-state index in [-0.39, 0.29) is 52.8 Å². The van der Waals surface area contributed by atoms with E-state index < -0.39 is 0 Å². The minimum absolute atomic E-state index is 0.0474. The highest BCUT2D eigenvalue weighted by Gasteiger charge is 2.15. The number of rotatable bonds is 3. The van der Waals surface area contributed by atoms with Crippen LogP contribution in [-0.2, 0) is 0 Å². The summed E-state index contributed by atoms with van der Waals surface area (Å²) < 4.78 is 0. The fourth-order valence-corrected chi connectivity index (χ4v) is 5.42. The van der Waals surface area contributed by atoms with E-state index in [1.165, 1.54) is 0 Å². The summed E-state index contributed by atoms with van der Waals surface area (Å²) in [5, 5.41) is 0. The first-order valence-electron chi connectivity index (χ1n) is 16.7. The lowest BCUT2D eigenvalue weighted by Crippen LogP contribution is -2.06. The molecule has 0 amide bonds. The monoisotopic (exact) mass is 759 g/mol. The van der Waals surface area contributed by atoms with Crippen molar-refractivity contribution in [3.63, 3.8) is 0 Å². The summed E-state index contributed by atoms with van der Waals surface area (Å²) in [5.74, 6) is 1.53. The maximum atomic E-state index is 5.90. The van der Waals surface area contributed by atoms with Gasteiger partial charge in [-0.15, -0.1) is 0 Å². The molecule has 0 aliphatic rings. The first-order chi connectivity index (χ1) is 27.4. The lowest BCUT2D eigenvalue weighted by Gasteiger charge is -2.07. The Morgan fingerprint density at radius 2 is 0.491 bits per heavy atom. The number of hydrogen-bond acceptors (Lipinski definition) is 21. The van der Waals surface area contributed by atoms with Crippen molar-refractivity contribution in [1.82, 2.24) is 59.8 Å². The highest BCUT2D eigenvalue weighted by Crippen LogP contribution is 2.28. The molecule has 282 valence electrons. The van der Waals surface area contributed by atoms with Crippen LogP contribution < -0.4 is 51.6 Å². The van der Waals surface area contributed by atoms with E-state index in [0.29, 0.717) is 50.6 Å². The Hall–Kier alpha value is -8.88. The molecule has 57 heavy (non-hydrogen) atoms. The molecule has 0 aliphatic heterocycles. The fraction of sp³-hybridized carbons (Fsp3) is 0. The topological polar surface area (TPSA) is 389 Å². The van der Waals surface area contributed by atoms with Gasteiger partial charge in [-0.05, 0) is 0 Å². The summed E-state index contributed by atoms with van der Waals surface area (Å²) in [7, 11) is 0. The van der Waals surface area contributed by atoms with Crippen molar-refractivity contribution in [2.75, 3.05) is 51.6 Å². The van der Waals surface area contributed by atoms with Crippen LogP contribution in [0.1, 0.15) is 0 Å². The largest absolute Gasteiger partial charge is 0.382 e. The summed E-state index contributed by atoms with van der Waals surface area (Å²) in [5.41, 5.74) is 57.8. The first kappa shape index (κ1) is 36.5. The van der Waals surface area contributed by atoms with Crippen LogP contribution in [0.25, 0.3) is 67.3 Å². The second-order valence-corrected chi connectivity index (χ2v) is 11.9. The molecule has 0 fully saturated rings. The highest BCUT2D eigenvalue weighted by molar-refractivity contribution is 5.89. The third-order valence-corrected chi connectivity index (χ3v) is 7.95. The van der Waals surface area contributed by atoms with Crippen molar-refractivity contribution in [2.45, 2.75) is 0 Å². The number of nitrogen functional groups attached to an aromatic ring is 9. The lowest BCUT2D eigenvalue weighted by atomic mass is 10.1. The number of fused-ring (bicyclic) bond motifs is 3. The van der Waals surface area contributed by atoms with E-state index >= 15 is 0 Å². The van der Waals surface area contributed by atoms with E-state index in [9.17, 15) is 0 Å². The molecule has 18 N–H and O–H groups in total. The molecule has 0 radical (unpaired) electrons. The minimum Gasteiger partial charge on any atom is -0.382 e. The van der Waals surface area contributed by atoms with Crippen LogP contribution in [0.2, 0.25) is 0 Å². The number of nitrogens with two attached hydrogens (primary N) is 9. The average Bonchev–Trinajstić information content (AvgIpc) is 3.18. The predicted molar refractivity (Wildman–Crippen MR) is 221 cm³/mol. The molecule has 9 rings (SSSR count). The smallest absolute Gasteiger partial charge is 0.224 e. The van der Waals surface area contributed by atoms with Gasteiger partial charge in [0.25, 0.3) is 0 Å². The van der Waals surface area contributed by atoms with Gasteiger partial charge in [-0.2, -0.15) is 29.9 Å². The summed E-state index contributed by atoms with van der Waals surface area (Å²) >= 11 is 0. The molecule has 6 aromatic heterocycles. The molecule has 0 saturated carbocycles. The van der Waals surface area contributed by atoms with Crippen molar-refractivity contribution in [2.24, 2.45) is 0 Å². The second kappa shape index (κ2) is 15.2. The van der Waals surface area contributed by atoms with Gasteiger partial charge < -0.3 is 51.6 Å². The molecule has 3 aromatic carbocycles. The number of nitrogens with zero attached hydrogens (tertiary/aromatic N) is 12. The van der Waals surface area contributed by atoms with Gasteiger partial charge in [-0.1, -0.05) is 91.0 Å². The molecular formula is C36H33N21. The highest BCUT2D eigenvalue weighted by atomic mass is 15.1. The number of hydrogen-bond donors (Lipinski definition) is 9. The zero-order valence-corrected chi connectivity index (χ0v) is 29.7. The Bertz CT molecular complexity index is 2580. The van der Waals surface area contributed by atoms with Gasteiger partial charge in [0.2, 0.25) is 17.8 Å². The Balaban J connectivity index is 0.000000131. The summed E-state index contributed by atoms with van der Waals surface area (Å²) in [6.45, 7) is 0. The molecule has 0 atom stereocenters. The maximum Gasteiger partial charge on any atom is 0.224 e. The van der Waals surface area contributed by atoms with Crippen LogP contribution in [0.15, 0.2) is 91.0 Å². The summed E-state index contributed by atoms with van der Waals surface area (Å²) in [6.07, 6.45) is 0. The predicted octanol–water partition coefficient (Wildman–Crippen LogP) is 2.50. The van der Waals surface area contributed by atoms with E-state index in [4.69, 9.17) is 51.6 Å². The molecule has 0 unspecified atom stereocenters. The molecule has 21 heteroatoms. The van der Waals surface area contributed by atoms with E-state index in [1.807, 2.05) is 91.0 Å². The zero-order valence-electron chi connectivity index (χ0n) is 29.7. The van der Waals surface area contributed by atoms with Crippen molar-refractivity contribution >= 4 is 86.2 Å². The van der Waals surface area contributed by atoms with Gasteiger partial charge in [0.1, 0.15) is 17.1 Å². The molecule has 0 saturated heterocycles. The number of anilines is 9. The second-order valence-electron chi connectivity index (χ2n) is 11.9. The first-order valence-corrected chi connectivity index (χ1v) is 16.7. The zero-order chi connectivity index (χ0) is 40.2.